The van der Waals surface area contributed by atoms with Crippen LogP contribution in [0.2, 0.25) is 0 Å². The third-order valence-electron chi connectivity index (χ3n) is 18.4. The Morgan fingerprint density at radius 1 is 0.493 bits per heavy atom. The zero-order chi connectivity index (χ0) is 51.1. The third-order valence-corrected chi connectivity index (χ3v) is 19.9. The van der Waals surface area contributed by atoms with E-state index in [0.717, 1.165) is 30.5 Å². The van der Waals surface area contributed by atoms with Crippen LogP contribution in [-0.2, 0) is 32.5 Å². The van der Waals surface area contributed by atoms with Gasteiger partial charge < -0.3 is 14.2 Å². The summed E-state index contributed by atoms with van der Waals surface area (Å²) in [6.07, 6.45) is 4.63. The molecule has 4 heterocycles. The lowest BCUT2D eigenvalue weighted by atomic mass is 9.35. The molecule has 13 rings (SSSR count). The topological polar surface area (TPSA) is 19.6 Å². The molecule has 0 unspecified atom stereocenters. The van der Waals surface area contributed by atoms with Gasteiger partial charge in [-0.25, -0.2) is 0 Å². The number of rotatable bonds is 3. The molecule has 8 aromatic rings. The maximum absolute atomic E-state index is 7.73. The molecule has 0 spiro atoms. The van der Waals surface area contributed by atoms with Gasteiger partial charge in [0.2, 0.25) is 0 Å². The Hall–Kier alpha value is -6.04. The van der Waals surface area contributed by atoms with Crippen molar-refractivity contribution in [1.82, 2.24) is 0 Å². The lowest BCUT2D eigenvalue weighted by molar-refractivity contribution is 0.332. The van der Waals surface area contributed by atoms with Crippen LogP contribution in [0.5, 0.6) is 0 Å². The highest BCUT2D eigenvalue weighted by molar-refractivity contribution is 7.00. The van der Waals surface area contributed by atoms with Crippen LogP contribution in [0, 0.1) is 0 Å². The van der Waals surface area contributed by atoms with Gasteiger partial charge in [-0.15, -0.1) is 0 Å². The first kappa shape index (κ1) is 46.7. The minimum Gasteiger partial charge on any atom is -0.468 e. The Bertz CT molecular complexity index is 3650. The summed E-state index contributed by atoms with van der Waals surface area (Å²) < 4.78 is 7.73. The number of hydrogen-bond donors (Lipinski definition) is 0. The summed E-state index contributed by atoms with van der Waals surface area (Å²) in [6.45, 7) is 33.5. The van der Waals surface area contributed by atoms with Gasteiger partial charge in [-0.2, -0.15) is 0 Å². The molecule has 366 valence electrons. The molecule has 1 aromatic heterocycles. The second-order valence-electron chi connectivity index (χ2n) is 27.2. The normalized spacial score (nSPS) is 18.4. The number of nitrogens with zero attached hydrogens (tertiary/aromatic N) is 2. The van der Waals surface area contributed by atoms with Gasteiger partial charge in [0, 0.05) is 33.8 Å². The van der Waals surface area contributed by atoms with Crippen molar-refractivity contribution >= 4 is 88.3 Å². The Labute approximate surface area is 438 Å². The van der Waals surface area contributed by atoms with Crippen molar-refractivity contribution in [1.29, 1.82) is 0 Å². The first-order valence-electron chi connectivity index (χ1n) is 27.2. The largest absolute Gasteiger partial charge is 0.468 e. The van der Waals surface area contributed by atoms with Crippen LogP contribution in [0.3, 0.4) is 0 Å². The van der Waals surface area contributed by atoms with Crippen LogP contribution >= 0.6 is 0 Å². The smallest absolute Gasteiger partial charge is 0.297 e. The van der Waals surface area contributed by atoms with Crippen LogP contribution in [0.4, 0.5) is 34.1 Å². The zero-order valence-corrected chi connectivity index (χ0v) is 46.8. The molecule has 3 nitrogen and oxygen atoms in total. The molecule has 0 fully saturated rings. The fraction of sp³-hybridized carbons (Fsp3) is 0.353. The van der Waals surface area contributed by atoms with E-state index in [9.17, 15) is 0 Å². The Morgan fingerprint density at radius 2 is 1.05 bits per heavy atom. The van der Waals surface area contributed by atoms with E-state index in [1.54, 1.807) is 0 Å². The molecule has 5 heteroatoms. The second kappa shape index (κ2) is 15.3. The van der Waals surface area contributed by atoms with E-state index in [1.165, 1.54) is 123 Å². The number of fused-ring (bicyclic) bond motifs is 11. The lowest BCUT2D eigenvalue weighted by Gasteiger charge is -2.45. The minimum absolute atomic E-state index is 0.0231. The summed E-state index contributed by atoms with van der Waals surface area (Å²) in [4.78, 5) is 5.27. The standard InChI is InChI=1S/C68H71BN2OSi/c1-63(2,3)41-22-25-43(26-23-41)70-54-29-24-42(64(4,5)6)36-53(54)69-59-55(70)34-40(45-19-17-20-47-46-18-15-16-21-58(46)73-61(45)47)35-56(59)71(44-27-28-49-50(37-44)66(9,10)31-30-65(49,7)8)60-48-38-51-52(39-57(48)72-62(60)69)68(13,14)33-32-67(51,11)12/h15-29,34-39H,30-33H2,1-14H3. The van der Waals surface area contributed by atoms with E-state index >= 15 is 0 Å². The molecule has 0 bridgehead atoms. The fourth-order valence-corrected chi connectivity index (χ4v) is 15.2. The Balaban J connectivity index is 1.18. The van der Waals surface area contributed by atoms with Gasteiger partial charge in [0.25, 0.3) is 6.71 Å². The van der Waals surface area contributed by atoms with Gasteiger partial charge in [-0.1, -0.05) is 175 Å². The SMILES string of the molecule is CC(C)(C)c1ccc(N2c3ccc(C(C)(C)C)cc3B3c4oc5cc6c(cc5c4N(c4ccc5c(c4)C(C)(C)CCC5(C)C)c4cc(-c5cccc7c5[Si]c5ccccc5-7)cc2c43)C(C)(C)CCC6(C)C)cc1. The van der Waals surface area contributed by atoms with E-state index in [-0.39, 0.29) is 39.2 Å². The molecule has 2 radical (unpaired) electrons. The van der Waals surface area contributed by atoms with Crippen molar-refractivity contribution in [3.63, 3.8) is 0 Å². The van der Waals surface area contributed by atoms with E-state index in [4.69, 9.17) is 4.42 Å². The number of hydrogen-bond acceptors (Lipinski definition) is 3. The predicted molar refractivity (Wildman–Crippen MR) is 314 cm³/mol. The first-order valence-corrected chi connectivity index (χ1v) is 28.2. The van der Waals surface area contributed by atoms with Crippen LogP contribution in [0.25, 0.3) is 33.2 Å². The van der Waals surface area contributed by atoms with E-state index in [2.05, 4.69) is 234 Å². The Morgan fingerprint density at radius 3 is 1.73 bits per heavy atom. The van der Waals surface area contributed by atoms with E-state index in [1.807, 2.05) is 0 Å². The molecule has 0 saturated carbocycles. The zero-order valence-electron chi connectivity index (χ0n) is 45.8. The minimum atomic E-state index is -0.154. The predicted octanol–water partition coefficient (Wildman–Crippen LogP) is 15.1. The Kier molecular flexibility index (Phi) is 9.78. The molecule has 0 N–H and O–H groups in total. The summed E-state index contributed by atoms with van der Waals surface area (Å²) in [5.41, 5.74) is 25.7. The van der Waals surface area contributed by atoms with Crippen molar-refractivity contribution in [2.45, 2.75) is 155 Å². The number of furan rings is 1. The summed E-state index contributed by atoms with van der Waals surface area (Å²) in [6, 6.07) is 50.5. The molecule has 0 amide bonds. The van der Waals surface area contributed by atoms with Gasteiger partial charge in [0.1, 0.15) is 15.1 Å². The van der Waals surface area contributed by atoms with Gasteiger partial charge in [-0.3, -0.25) is 0 Å². The molecule has 3 aliphatic heterocycles. The molecule has 5 aliphatic rings. The maximum Gasteiger partial charge on any atom is 0.297 e. The highest BCUT2D eigenvalue weighted by Crippen LogP contribution is 2.54. The van der Waals surface area contributed by atoms with E-state index < -0.39 is 0 Å². The van der Waals surface area contributed by atoms with Gasteiger partial charge in [-0.05, 0) is 185 Å². The monoisotopic (exact) mass is 971 g/mol. The molecule has 73 heavy (non-hydrogen) atoms. The van der Waals surface area contributed by atoms with Crippen molar-refractivity contribution in [2.75, 3.05) is 9.80 Å². The molecule has 2 aliphatic carbocycles. The van der Waals surface area contributed by atoms with Crippen LogP contribution in [0.1, 0.15) is 156 Å². The molecular formula is C68H71BN2OSi. The third kappa shape index (κ3) is 6.96. The molecule has 7 aromatic carbocycles. The molecule has 0 atom stereocenters. The van der Waals surface area contributed by atoms with Crippen LogP contribution < -0.4 is 36.8 Å². The molecule has 0 saturated heterocycles. The van der Waals surface area contributed by atoms with Crippen LogP contribution in [0.15, 0.2) is 132 Å². The molecular weight excluding hydrogens is 900 g/mol. The summed E-state index contributed by atoms with van der Waals surface area (Å²) in [7, 11) is 0.584. The summed E-state index contributed by atoms with van der Waals surface area (Å²) >= 11 is 0. The average Bonchev–Trinajstić information content (AvgIpc) is 3.92. The summed E-state index contributed by atoms with van der Waals surface area (Å²) in [5, 5.41) is 4.07. The quantitative estimate of drug-likeness (QED) is 0.165. The number of anilines is 6. The van der Waals surface area contributed by atoms with Crippen molar-refractivity contribution in [2.24, 2.45) is 0 Å². The van der Waals surface area contributed by atoms with Gasteiger partial charge in [0.05, 0.1) is 11.3 Å². The lowest BCUT2D eigenvalue weighted by Crippen LogP contribution is -2.61. The number of benzene rings is 7. The summed E-state index contributed by atoms with van der Waals surface area (Å²) in [5.74, 6) is 0. The highest BCUT2D eigenvalue weighted by Gasteiger charge is 2.49. The van der Waals surface area contributed by atoms with Gasteiger partial charge >= 0.3 is 0 Å². The van der Waals surface area contributed by atoms with Gasteiger partial charge in [0.15, 0.2) is 0 Å². The average molecular weight is 971 g/mol. The van der Waals surface area contributed by atoms with Crippen molar-refractivity contribution in [3.05, 3.63) is 161 Å². The highest BCUT2D eigenvalue weighted by atomic mass is 28.2. The van der Waals surface area contributed by atoms with E-state index in [0.29, 0.717) is 9.52 Å². The van der Waals surface area contributed by atoms with Crippen LogP contribution in [-0.4, -0.2) is 16.2 Å². The fourth-order valence-electron chi connectivity index (χ4n) is 13.7. The maximum atomic E-state index is 7.73. The van der Waals surface area contributed by atoms with Crippen molar-refractivity contribution < 1.29 is 4.42 Å². The van der Waals surface area contributed by atoms with Crippen molar-refractivity contribution in [3.8, 4) is 22.3 Å². The second-order valence-corrected chi connectivity index (χ2v) is 28.5. The first-order chi connectivity index (χ1) is 34.4.